The Hall–Kier alpha value is -0.650. The third-order valence-electron chi connectivity index (χ3n) is 2.71. The van der Waals surface area contributed by atoms with Crippen LogP contribution in [0.3, 0.4) is 0 Å². The maximum Gasteiger partial charge on any atom is 0.0738 e. The van der Waals surface area contributed by atoms with E-state index >= 15 is 0 Å². The van der Waals surface area contributed by atoms with Gasteiger partial charge in [-0.05, 0) is 34.3 Å². The number of halogens is 1. The van der Waals surface area contributed by atoms with Crippen molar-refractivity contribution in [1.29, 1.82) is 0 Å². The maximum absolute atomic E-state index is 10.1. The monoisotopic (exact) mass is 314 g/mol. The summed E-state index contributed by atoms with van der Waals surface area (Å²) in [5, 5.41) is 16.4. The van der Waals surface area contributed by atoms with Crippen LogP contribution >= 0.6 is 27.3 Å². The lowest BCUT2D eigenvalue weighted by Crippen LogP contribution is -2.15. The molecule has 0 saturated heterocycles. The molecular formula is C12H15BrN2OS. The lowest BCUT2D eigenvalue weighted by Gasteiger charge is -2.10. The molecule has 92 valence electrons. The third kappa shape index (κ3) is 2.97. The van der Waals surface area contributed by atoms with E-state index < -0.39 is 0 Å². The van der Waals surface area contributed by atoms with Gasteiger partial charge in [0.1, 0.15) is 0 Å². The van der Waals surface area contributed by atoms with Crippen LogP contribution < -0.4 is 0 Å². The molecule has 3 nitrogen and oxygen atoms in total. The second-order valence-corrected chi connectivity index (χ2v) is 5.94. The van der Waals surface area contributed by atoms with Crippen molar-refractivity contribution in [2.45, 2.75) is 25.9 Å². The van der Waals surface area contributed by atoms with Gasteiger partial charge in [-0.25, -0.2) is 0 Å². The minimum atomic E-state index is -0.361. The highest BCUT2D eigenvalue weighted by Crippen LogP contribution is 2.22. The molecule has 2 aromatic rings. The number of aromatic nitrogens is 2. The lowest BCUT2D eigenvalue weighted by molar-refractivity contribution is 0.173. The first kappa shape index (κ1) is 12.8. The average molecular weight is 315 g/mol. The first-order valence-electron chi connectivity index (χ1n) is 5.46. The van der Waals surface area contributed by atoms with E-state index in [0.29, 0.717) is 12.8 Å². The summed E-state index contributed by atoms with van der Waals surface area (Å²) in [6.07, 6.45) is 0.962. The molecule has 0 bridgehead atoms. The fraction of sp³-hybridized carbons (Fsp3) is 0.417. The molecule has 1 N–H and O–H groups in total. The average Bonchev–Trinajstić information content (AvgIpc) is 2.83. The number of thiophene rings is 1. The number of hydrogen-bond acceptors (Lipinski definition) is 3. The maximum atomic E-state index is 10.1. The van der Waals surface area contributed by atoms with E-state index in [1.54, 1.807) is 11.3 Å². The fourth-order valence-corrected chi connectivity index (χ4v) is 3.13. The van der Waals surface area contributed by atoms with Crippen molar-refractivity contribution in [1.82, 2.24) is 9.78 Å². The number of aliphatic hydroxyl groups is 1. The zero-order chi connectivity index (χ0) is 12.4. The molecule has 17 heavy (non-hydrogen) atoms. The van der Waals surface area contributed by atoms with Crippen molar-refractivity contribution >= 4 is 27.3 Å². The summed E-state index contributed by atoms with van der Waals surface area (Å²) in [4.78, 5) is 1.22. The Morgan fingerprint density at radius 1 is 1.53 bits per heavy atom. The van der Waals surface area contributed by atoms with Crippen LogP contribution in [0.25, 0.3) is 0 Å². The first-order valence-corrected chi connectivity index (χ1v) is 7.13. The number of aliphatic hydroxyl groups excluding tert-OH is 1. The van der Waals surface area contributed by atoms with Gasteiger partial charge in [0.15, 0.2) is 0 Å². The smallest absolute Gasteiger partial charge is 0.0738 e. The Kier molecular flexibility index (Phi) is 4.01. The minimum Gasteiger partial charge on any atom is -0.392 e. The highest BCUT2D eigenvalue weighted by atomic mass is 79.9. The molecule has 5 heteroatoms. The Bertz CT molecular complexity index is 493. The zero-order valence-corrected chi connectivity index (χ0v) is 12.3. The van der Waals surface area contributed by atoms with Gasteiger partial charge < -0.3 is 5.11 Å². The van der Waals surface area contributed by atoms with Gasteiger partial charge in [0.05, 0.1) is 22.0 Å². The largest absolute Gasteiger partial charge is 0.392 e. The summed E-state index contributed by atoms with van der Waals surface area (Å²) < 4.78 is 2.84. The first-order chi connectivity index (χ1) is 8.08. The van der Waals surface area contributed by atoms with Gasteiger partial charge in [-0.1, -0.05) is 6.07 Å². The van der Waals surface area contributed by atoms with Crippen LogP contribution in [-0.4, -0.2) is 21.0 Å². The molecule has 1 unspecified atom stereocenters. The second kappa shape index (κ2) is 5.33. The van der Waals surface area contributed by atoms with Gasteiger partial charge in [-0.2, -0.15) is 5.10 Å². The molecule has 2 heterocycles. The number of hydrogen-bond donors (Lipinski definition) is 1. The molecule has 1 atom stereocenters. The van der Waals surface area contributed by atoms with E-state index in [1.165, 1.54) is 4.88 Å². The standard InChI is InChI=1S/C12H15BrN2OS/c1-8-12(13)11(15(2)14-8)7-9(16)6-10-4-3-5-17-10/h3-5,9,16H,6-7H2,1-2H3. The van der Waals surface area contributed by atoms with E-state index in [0.717, 1.165) is 15.9 Å². The minimum absolute atomic E-state index is 0.361. The van der Waals surface area contributed by atoms with Crippen molar-refractivity contribution < 1.29 is 5.11 Å². The van der Waals surface area contributed by atoms with Crippen molar-refractivity contribution in [3.05, 3.63) is 38.3 Å². The molecule has 0 aliphatic heterocycles. The third-order valence-corrected chi connectivity index (χ3v) is 4.64. The van der Waals surface area contributed by atoms with Crippen molar-refractivity contribution in [3.8, 4) is 0 Å². The summed E-state index contributed by atoms with van der Waals surface area (Å²) in [6.45, 7) is 1.96. The molecule has 0 saturated carbocycles. The molecule has 2 rings (SSSR count). The van der Waals surface area contributed by atoms with Gasteiger partial charge in [0, 0.05) is 24.8 Å². The predicted octanol–water partition coefficient (Wildman–Crippen LogP) is 2.70. The van der Waals surface area contributed by atoms with Gasteiger partial charge in [0.2, 0.25) is 0 Å². The summed E-state index contributed by atoms with van der Waals surface area (Å²) in [7, 11) is 1.91. The van der Waals surface area contributed by atoms with E-state index in [-0.39, 0.29) is 6.10 Å². The zero-order valence-electron chi connectivity index (χ0n) is 9.85. The van der Waals surface area contributed by atoms with Gasteiger partial charge in [-0.3, -0.25) is 4.68 Å². The number of rotatable bonds is 4. The van der Waals surface area contributed by atoms with Crippen molar-refractivity contribution in [3.63, 3.8) is 0 Å². The Balaban J connectivity index is 2.05. The van der Waals surface area contributed by atoms with Crippen LogP contribution in [0.4, 0.5) is 0 Å². The van der Waals surface area contributed by atoms with E-state index in [2.05, 4.69) is 27.1 Å². The fourth-order valence-electron chi connectivity index (χ4n) is 1.86. The van der Waals surface area contributed by atoms with Gasteiger partial charge in [-0.15, -0.1) is 11.3 Å². The van der Waals surface area contributed by atoms with Gasteiger partial charge >= 0.3 is 0 Å². The molecular weight excluding hydrogens is 300 g/mol. The highest BCUT2D eigenvalue weighted by Gasteiger charge is 2.15. The Morgan fingerprint density at radius 2 is 2.29 bits per heavy atom. The van der Waals surface area contributed by atoms with E-state index in [1.807, 2.05) is 30.1 Å². The molecule has 0 spiro atoms. The van der Waals surface area contributed by atoms with Crippen LogP contribution in [0.15, 0.2) is 22.0 Å². The summed E-state index contributed by atoms with van der Waals surface area (Å²) in [6, 6.07) is 4.06. The summed E-state index contributed by atoms with van der Waals surface area (Å²) >= 11 is 5.20. The lowest BCUT2D eigenvalue weighted by atomic mass is 10.1. The highest BCUT2D eigenvalue weighted by molar-refractivity contribution is 9.10. The molecule has 0 aromatic carbocycles. The molecule has 0 amide bonds. The number of nitrogens with zero attached hydrogens (tertiary/aromatic N) is 2. The summed E-state index contributed by atoms with van der Waals surface area (Å²) in [5.74, 6) is 0. The van der Waals surface area contributed by atoms with Crippen LogP contribution in [0.5, 0.6) is 0 Å². The van der Waals surface area contributed by atoms with Crippen LogP contribution in [0.1, 0.15) is 16.3 Å². The van der Waals surface area contributed by atoms with Crippen LogP contribution in [-0.2, 0) is 19.9 Å². The predicted molar refractivity (Wildman–Crippen MR) is 73.4 cm³/mol. The summed E-state index contributed by atoms with van der Waals surface area (Å²) in [5.41, 5.74) is 2.01. The Labute approximate surface area is 113 Å². The van der Waals surface area contributed by atoms with Crippen LogP contribution in [0, 0.1) is 6.92 Å². The quantitative estimate of drug-likeness (QED) is 0.942. The SMILES string of the molecule is Cc1nn(C)c(CC(O)Cc2cccs2)c1Br. The van der Waals surface area contributed by atoms with Crippen molar-refractivity contribution in [2.24, 2.45) is 7.05 Å². The van der Waals surface area contributed by atoms with Crippen LogP contribution in [0.2, 0.25) is 0 Å². The topological polar surface area (TPSA) is 38.0 Å². The van der Waals surface area contributed by atoms with Crippen molar-refractivity contribution in [2.75, 3.05) is 0 Å². The molecule has 0 aliphatic carbocycles. The Morgan fingerprint density at radius 3 is 2.82 bits per heavy atom. The molecule has 0 aliphatic rings. The molecule has 2 aromatic heterocycles. The normalized spacial score (nSPS) is 12.9. The van der Waals surface area contributed by atoms with E-state index in [9.17, 15) is 5.11 Å². The second-order valence-electron chi connectivity index (χ2n) is 4.11. The molecule has 0 radical (unpaired) electrons. The number of aryl methyl sites for hydroxylation is 2. The van der Waals surface area contributed by atoms with E-state index in [4.69, 9.17) is 0 Å². The van der Waals surface area contributed by atoms with Gasteiger partial charge in [0.25, 0.3) is 0 Å². The molecule has 0 fully saturated rings.